The Kier molecular flexibility index (Phi) is 8.31. The Balaban J connectivity index is 1.62. The van der Waals surface area contributed by atoms with E-state index in [1.54, 1.807) is 84.9 Å². The molecular formula is C27H24O7S. The fraction of sp³-hybridized carbons (Fsp3) is 0.222. The van der Waals surface area contributed by atoms with Gasteiger partial charge < -0.3 is 18.9 Å². The van der Waals surface area contributed by atoms with Gasteiger partial charge in [0.1, 0.15) is 0 Å². The SMILES string of the molecule is CO[C@@H]1OC[C@@H](SC(=O)c2ccccc2)[C@@H](OC(=O)c2ccccc2)[C@@H]1OC(=O)c1ccccc1. The van der Waals surface area contributed by atoms with E-state index in [4.69, 9.17) is 18.9 Å². The summed E-state index contributed by atoms with van der Waals surface area (Å²) in [7, 11) is 1.41. The Morgan fingerprint density at radius 3 is 1.66 bits per heavy atom. The first-order valence-corrected chi connectivity index (χ1v) is 11.9. The molecule has 0 saturated carbocycles. The summed E-state index contributed by atoms with van der Waals surface area (Å²) in [6.07, 6.45) is -3.10. The van der Waals surface area contributed by atoms with Crippen molar-refractivity contribution in [2.24, 2.45) is 0 Å². The van der Waals surface area contributed by atoms with Gasteiger partial charge in [-0.15, -0.1) is 0 Å². The number of rotatable bonds is 7. The summed E-state index contributed by atoms with van der Waals surface area (Å²) in [5.41, 5.74) is 1.15. The maximum atomic E-state index is 13.0. The lowest BCUT2D eigenvalue weighted by molar-refractivity contribution is -0.229. The number of methoxy groups -OCH3 is 1. The minimum absolute atomic E-state index is 0.0495. The van der Waals surface area contributed by atoms with Crippen molar-refractivity contribution in [1.29, 1.82) is 0 Å². The lowest BCUT2D eigenvalue weighted by Gasteiger charge is -2.40. The van der Waals surface area contributed by atoms with Crippen LogP contribution in [0.3, 0.4) is 0 Å². The van der Waals surface area contributed by atoms with Gasteiger partial charge in [0.15, 0.2) is 18.5 Å². The van der Waals surface area contributed by atoms with Gasteiger partial charge in [-0.1, -0.05) is 78.5 Å². The molecule has 1 heterocycles. The molecule has 0 N–H and O–H groups in total. The highest BCUT2D eigenvalue weighted by molar-refractivity contribution is 8.14. The van der Waals surface area contributed by atoms with Gasteiger partial charge in [-0.25, -0.2) is 9.59 Å². The number of hydrogen-bond donors (Lipinski definition) is 0. The van der Waals surface area contributed by atoms with Gasteiger partial charge in [0.05, 0.1) is 23.0 Å². The summed E-state index contributed by atoms with van der Waals surface area (Å²) < 4.78 is 22.8. The molecule has 0 radical (unpaired) electrons. The minimum Gasteiger partial charge on any atom is -0.453 e. The van der Waals surface area contributed by atoms with Crippen LogP contribution in [0.5, 0.6) is 0 Å². The first kappa shape index (κ1) is 24.7. The lowest BCUT2D eigenvalue weighted by atomic mass is 10.1. The van der Waals surface area contributed by atoms with E-state index in [0.29, 0.717) is 16.7 Å². The van der Waals surface area contributed by atoms with Crippen molar-refractivity contribution in [2.45, 2.75) is 23.7 Å². The normalized spacial score (nSPS) is 21.6. The van der Waals surface area contributed by atoms with Crippen molar-refractivity contribution in [1.82, 2.24) is 0 Å². The molecule has 3 aromatic rings. The summed E-state index contributed by atoms with van der Waals surface area (Å²) >= 11 is 0.970. The number of thioether (sulfide) groups is 1. The summed E-state index contributed by atoms with van der Waals surface area (Å²) in [6.45, 7) is 0.0495. The van der Waals surface area contributed by atoms with Gasteiger partial charge in [0.25, 0.3) is 0 Å². The van der Waals surface area contributed by atoms with Crippen LogP contribution in [-0.4, -0.2) is 54.5 Å². The molecule has 1 fully saturated rings. The number of ether oxygens (including phenoxy) is 4. The van der Waals surface area contributed by atoms with Crippen LogP contribution in [0.25, 0.3) is 0 Å². The van der Waals surface area contributed by atoms with E-state index >= 15 is 0 Å². The van der Waals surface area contributed by atoms with Crippen molar-refractivity contribution < 1.29 is 33.3 Å². The van der Waals surface area contributed by atoms with Gasteiger partial charge in [-0.05, 0) is 24.3 Å². The van der Waals surface area contributed by atoms with Crippen LogP contribution in [0.1, 0.15) is 31.1 Å². The van der Waals surface area contributed by atoms with Gasteiger partial charge in [-0.2, -0.15) is 0 Å². The molecule has 0 bridgehead atoms. The highest BCUT2D eigenvalue weighted by Crippen LogP contribution is 2.32. The third-order valence-corrected chi connectivity index (χ3v) is 6.55. The van der Waals surface area contributed by atoms with E-state index in [1.807, 2.05) is 6.07 Å². The van der Waals surface area contributed by atoms with Crippen LogP contribution in [-0.2, 0) is 18.9 Å². The molecule has 4 atom stereocenters. The van der Waals surface area contributed by atoms with Gasteiger partial charge in [-0.3, -0.25) is 4.79 Å². The molecule has 1 aliphatic rings. The lowest BCUT2D eigenvalue weighted by Crippen LogP contribution is -2.56. The standard InChI is InChI=1S/C27H24O7S/c1-31-27-23(34-25(29)19-13-7-3-8-14-19)22(33-24(28)18-11-5-2-6-12-18)21(17-32-27)35-26(30)20-15-9-4-10-16-20/h2-16,21-23,27H,17H2,1H3/t21-,22-,23+,27-/m1/s1. The monoisotopic (exact) mass is 492 g/mol. The zero-order valence-electron chi connectivity index (χ0n) is 18.9. The maximum absolute atomic E-state index is 13.0. The maximum Gasteiger partial charge on any atom is 0.338 e. The topological polar surface area (TPSA) is 88.1 Å². The summed E-state index contributed by atoms with van der Waals surface area (Å²) in [5, 5.41) is -0.862. The Hall–Kier alpha value is -3.46. The predicted octanol–water partition coefficient (Wildman–Crippen LogP) is 4.38. The summed E-state index contributed by atoms with van der Waals surface area (Å²) in [6, 6.07) is 25.7. The largest absolute Gasteiger partial charge is 0.453 e. The van der Waals surface area contributed by atoms with E-state index in [-0.39, 0.29) is 11.7 Å². The van der Waals surface area contributed by atoms with Crippen molar-refractivity contribution in [3.63, 3.8) is 0 Å². The van der Waals surface area contributed by atoms with Gasteiger partial charge in [0, 0.05) is 12.7 Å². The summed E-state index contributed by atoms with van der Waals surface area (Å²) in [5.74, 6) is -1.23. The molecule has 3 aromatic carbocycles. The predicted molar refractivity (Wildman–Crippen MR) is 130 cm³/mol. The van der Waals surface area contributed by atoms with Crippen LogP contribution in [0, 0.1) is 0 Å². The third-order valence-electron chi connectivity index (χ3n) is 5.39. The molecule has 0 unspecified atom stereocenters. The Morgan fingerprint density at radius 1 is 0.714 bits per heavy atom. The molecular weight excluding hydrogens is 468 g/mol. The fourth-order valence-electron chi connectivity index (χ4n) is 3.63. The molecule has 0 aliphatic carbocycles. The second-order valence-electron chi connectivity index (χ2n) is 7.72. The summed E-state index contributed by atoms with van der Waals surface area (Å²) in [4.78, 5) is 38.8. The van der Waals surface area contributed by atoms with E-state index in [2.05, 4.69) is 0 Å². The second kappa shape index (κ2) is 11.8. The smallest absolute Gasteiger partial charge is 0.338 e. The first-order chi connectivity index (χ1) is 17.1. The third kappa shape index (κ3) is 6.16. The van der Waals surface area contributed by atoms with Crippen LogP contribution >= 0.6 is 11.8 Å². The molecule has 1 saturated heterocycles. The molecule has 8 heteroatoms. The molecule has 0 amide bonds. The number of carbonyl (C=O) groups excluding carboxylic acids is 3. The molecule has 180 valence electrons. The molecule has 4 rings (SSSR count). The van der Waals surface area contributed by atoms with E-state index in [0.717, 1.165) is 11.8 Å². The minimum atomic E-state index is -1.10. The molecule has 7 nitrogen and oxygen atoms in total. The molecule has 1 aliphatic heterocycles. The quantitative estimate of drug-likeness (QED) is 0.449. The van der Waals surface area contributed by atoms with Crippen LogP contribution in [0.4, 0.5) is 0 Å². The number of esters is 2. The second-order valence-corrected chi connectivity index (χ2v) is 8.93. The molecule has 0 spiro atoms. The number of hydrogen-bond acceptors (Lipinski definition) is 8. The van der Waals surface area contributed by atoms with Crippen molar-refractivity contribution >= 4 is 28.8 Å². The Morgan fingerprint density at radius 2 is 1.17 bits per heavy atom. The van der Waals surface area contributed by atoms with E-state index in [9.17, 15) is 14.4 Å². The molecule has 0 aromatic heterocycles. The zero-order valence-corrected chi connectivity index (χ0v) is 19.8. The molecule has 35 heavy (non-hydrogen) atoms. The zero-order chi connectivity index (χ0) is 24.6. The van der Waals surface area contributed by atoms with Crippen LogP contribution < -0.4 is 0 Å². The average Bonchev–Trinajstić information content (AvgIpc) is 2.91. The van der Waals surface area contributed by atoms with Gasteiger partial charge >= 0.3 is 11.9 Å². The van der Waals surface area contributed by atoms with E-state index in [1.165, 1.54) is 7.11 Å². The van der Waals surface area contributed by atoms with Crippen molar-refractivity contribution in [3.05, 3.63) is 108 Å². The Labute approximate surface area is 207 Å². The van der Waals surface area contributed by atoms with Gasteiger partial charge in [0.2, 0.25) is 5.12 Å². The van der Waals surface area contributed by atoms with Crippen molar-refractivity contribution in [2.75, 3.05) is 13.7 Å². The highest BCUT2D eigenvalue weighted by Gasteiger charge is 2.47. The first-order valence-electron chi connectivity index (χ1n) is 11.0. The Bertz CT molecular complexity index is 1140. The van der Waals surface area contributed by atoms with Crippen molar-refractivity contribution in [3.8, 4) is 0 Å². The number of carbonyl (C=O) groups is 3. The van der Waals surface area contributed by atoms with E-state index < -0.39 is 35.7 Å². The number of benzene rings is 3. The highest BCUT2D eigenvalue weighted by atomic mass is 32.2. The van der Waals surface area contributed by atoms with Crippen LogP contribution in [0.2, 0.25) is 0 Å². The fourth-order valence-corrected chi connectivity index (χ4v) is 4.66. The van der Waals surface area contributed by atoms with Crippen LogP contribution in [0.15, 0.2) is 91.0 Å². The average molecular weight is 493 g/mol.